The van der Waals surface area contributed by atoms with Gasteiger partial charge in [-0.3, -0.25) is 14.4 Å². The molecular weight excluding hydrogens is 420 g/mol. The number of hydrogen-bond donors (Lipinski definition) is 2. The zero-order valence-electron chi connectivity index (χ0n) is 21.5. The second-order valence-corrected chi connectivity index (χ2v) is 8.93. The molecule has 0 radical (unpaired) electrons. The van der Waals surface area contributed by atoms with Crippen LogP contribution in [-0.4, -0.2) is 43.1 Å². The molecule has 0 aliphatic heterocycles. The van der Waals surface area contributed by atoms with E-state index in [9.17, 15) is 14.4 Å². The Labute approximate surface area is 201 Å². The van der Waals surface area contributed by atoms with Gasteiger partial charge in [0.05, 0.1) is 0 Å². The third-order valence-corrected chi connectivity index (χ3v) is 5.67. The largest absolute Gasteiger partial charge is 0.458 e. The van der Waals surface area contributed by atoms with Crippen molar-refractivity contribution in [3.05, 3.63) is 0 Å². The lowest BCUT2D eigenvalue weighted by molar-refractivity contribution is -0.171. The van der Waals surface area contributed by atoms with E-state index in [0.29, 0.717) is 6.42 Å². The van der Waals surface area contributed by atoms with Crippen LogP contribution < -0.4 is 11.1 Å². The van der Waals surface area contributed by atoms with Gasteiger partial charge in [0.15, 0.2) is 0 Å². The lowest BCUT2D eigenvalue weighted by atomic mass is 10.1. The summed E-state index contributed by atoms with van der Waals surface area (Å²) in [5.41, 5.74) is 5.46. The van der Waals surface area contributed by atoms with Gasteiger partial charge in [-0.25, -0.2) is 0 Å². The van der Waals surface area contributed by atoms with Crippen molar-refractivity contribution in [2.24, 2.45) is 5.73 Å². The molecule has 0 spiro atoms. The molecule has 0 unspecified atom stereocenters. The number of carbonyl (C=O) groups is 3. The third-order valence-electron chi connectivity index (χ3n) is 5.67. The highest BCUT2D eigenvalue weighted by atomic mass is 16.6. The van der Waals surface area contributed by atoms with Crippen molar-refractivity contribution in [2.75, 3.05) is 13.1 Å². The highest BCUT2D eigenvalue weighted by molar-refractivity contribution is 5.84. The number of carbonyl (C=O) groups excluding carboxylic acids is 3. The van der Waals surface area contributed by atoms with Crippen LogP contribution in [0.15, 0.2) is 0 Å². The van der Waals surface area contributed by atoms with Crippen LogP contribution >= 0.6 is 0 Å². The van der Waals surface area contributed by atoms with Crippen molar-refractivity contribution in [3.63, 3.8) is 0 Å². The first-order valence-electron chi connectivity index (χ1n) is 13.3. The predicted molar refractivity (Wildman–Crippen MR) is 133 cm³/mol. The van der Waals surface area contributed by atoms with Gasteiger partial charge >= 0.3 is 11.9 Å². The molecule has 0 saturated heterocycles. The standard InChI is InChI=1S/C26H50N2O5/c1-4-6-8-10-12-14-16-18-23(29)32-22(3)25(26(31)28-21-20-27)33-24(30)19-17-15-13-11-9-7-5-2/h22,25H,4-21,27H2,1-3H3,(H,28,31)/t22-,25+/m0/s1. The van der Waals surface area contributed by atoms with Gasteiger partial charge in [-0.1, -0.05) is 90.9 Å². The fourth-order valence-electron chi connectivity index (χ4n) is 3.64. The fourth-order valence-corrected chi connectivity index (χ4v) is 3.64. The average Bonchev–Trinajstić information content (AvgIpc) is 2.79. The molecule has 0 fully saturated rings. The van der Waals surface area contributed by atoms with E-state index in [1.807, 2.05) is 0 Å². The van der Waals surface area contributed by atoms with Crippen molar-refractivity contribution < 1.29 is 23.9 Å². The van der Waals surface area contributed by atoms with Crippen LogP contribution in [0.3, 0.4) is 0 Å². The van der Waals surface area contributed by atoms with Crippen molar-refractivity contribution in [2.45, 2.75) is 136 Å². The molecule has 0 rings (SSSR count). The van der Waals surface area contributed by atoms with Gasteiger partial charge in [-0.2, -0.15) is 0 Å². The fraction of sp³-hybridized carbons (Fsp3) is 0.885. The summed E-state index contributed by atoms with van der Waals surface area (Å²) in [6, 6.07) is 0. The van der Waals surface area contributed by atoms with Crippen LogP contribution in [0.5, 0.6) is 0 Å². The molecule has 7 nitrogen and oxygen atoms in total. The smallest absolute Gasteiger partial charge is 0.306 e. The molecule has 0 aliphatic rings. The average molecular weight is 471 g/mol. The summed E-state index contributed by atoms with van der Waals surface area (Å²) < 4.78 is 10.9. The summed E-state index contributed by atoms with van der Waals surface area (Å²) in [5, 5.41) is 2.63. The number of esters is 2. The molecule has 33 heavy (non-hydrogen) atoms. The molecule has 0 aliphatic carbocycles. The van der Waals surface area contributed by atoms with E-state index in [1.165, 1.54) is 51.4 Å². The molecule has 0 aromatic carbocycles. The van der Waals surface area contributed by atoms with E-state index in [1.54, 1.807) is 6.92 Å². The number of nitrogens with one attached hydrogen (secondary N) is 1. The maximum Gasteiger partial charge on any atom is 0.306 e. The molecule has 0 saturated carbocycles. The van der Waals surface area contributed by atoms with Gasteiger partial charge in [0.2, 0.25) is 6.10 Å². The lowest BCUT2D eigenvalue weighted by Gasteiger charge is -2.23. The molecule has 0 aromatic heterocycles. The number of rotatable bonds is 22. The minimum atomic E-state index is -1.16. The Morgan fingerprint density at radius 2 is 1.12 bits per heavy atom. The minimum Gasteiger partial charge on any atom is -0.458 e. The highest BCUT2D eigenvalue weighted by Gasteiger charge is 2.31. The van der Waals surface area contributed by atoms with E-state index in [2.05, 4.69) is 19.2 Å². The van der Waals surface area contributed by atoms with Crippen LogP contribution in [0.25, 0.3) is 0 Å². The molecule has 2 atom stereocenters. The van der Waals surface area contributed by atoms with Crippen molar-refractivity contribution in [3.8, 4) is 0 Å². The van der Waals surface area contributed by atoms with E-state index in [-0.39, 0.29) is 25.5 Å². The summed E-state index contributed by atoms with van der Waals surface area (Å²) in [4.78, 5) is 37.0. The summed E-state index contributed by atoms with van der Waals surface area (Å²) in [7, 11) is 0. The van der Waals surface area contributed by atoms with Crippen LogP contribution in [0.1, 0.15) is 124 Å². The monoisotopic (exact) mass is 470 g/mol. The number of ether oxygens (including phenoxy) is 2. The first kappa shape index (κ1) is 31.4. The molecule has 0 bridgehead atoms. The summed E-state index contributed by atoms with van der Waals surface area (Å²) in [5.74, 6) is -1.29. The Kier molecular flexibility index (Phi) is 21.1. The molecule has 0 heterocycles. The second kappa shape index (κ2) is 22.2. The Morgan fingerprint density at radius 1 is 0.697 bits per heavy atom. The van der Waals surface area contributed by atoms with E-state index in [4.69, 9.17) is 15.2 Å². The molecule has 194 valence electrons. The summed E-state index contributed by atoms with van der Waals surface area (Å²) in [6.45, 7) is 6.51. The zero-order chi connectivity index (χ0) is 24.7. The topological polar surface area (TPSA) is 108 Å². The maximum absolute atomic E-state index is 12.5. The quantitative estimate of drug-likeness (QED) is 0.167. The molecule has 3 N–H and O–H groups in total. The Bertz CT molecular complexity index is 513. The van der Waals surface area contributed by atoms with Crippen molar-refractivity contribution >= 4 is 17.8 Å². The maximum atomic E-state index is 12.5. The number of nitrogens with two attached hydrogens (primary N) is 1. The molecule has 1 amide bonds. The minimum absolute atomic E-state index is 0.257. The van der Waals surface area contributed by atoms with Gasteiger partial charge in [-0.15, -0.1) is 0 Å². The normalized spacial score (nSPS) is 12.7. The first-order valence-corrected chi connectivity index (χ1v) is 13.3. The van der Waals surface area contributed by atoms with Gasteiger partial charge < -0.3 is 20.5 Å². The predicted octanol–water partition coefficient (Wildman–Crippen LogP) is 5.19. The van der Waals surface area contributed by atoms with Crippen LogP contribution in [0, 0.1) is 0 Å². The number of unbranched alkanes of at least 4 members (excludes halogenated alkanes) is 12. The SMILES string of the molecule is CCCCCCCCCC(=O)O[C@@H](C)[C@@H](OC(=O)CCCCCCCCC)C(=O)NCCN. The molecule has 7 heteroatoms. The molecule has 0 aromatic rings. The van der Waals surface area contributed by atoms with Gasteiger partial charge in [0.25, 0.3) is 5.91 Å². The first-order chi connectivity index (χ1) is 16.0. The molecular formula is C26H50N2O5. The van der Waals surface area contributed by atoms with Crippen LogP contribution in [0.2, 0.25) is 0 Å². The van der Waals surface area contributed by atoms with Crippen LogP contribution in [0.4, 0.5) is 0 Å². The number of amides is 1. The van der Waals surface area contributed by atoms with Crippen molar-refractivity contribution in [1.82, 2.24) is 5.32 Å². The highest BCUT2D eigenvalue weighted by Crippen LogP contribution is 2.13. The Hall–Kier alpha value is -1.63. The van der Waals surface area contributed by atoms with Crippen LogP contribution in [-0.2, 0) is 23.9 Å². The van der Waals surface area contributed by atoms with Gasteiger partial charge in [0.1, 0.15) is 6.10 Å². The van der Waals surface area contributed by atoms with E-state index >= 15 is 0 Å². The summed E-state index contributed by atoms with van der Waals surface area (Å²) in [6.07, 6.45) is 14.0. The van der Waals surface area contributed by atoms with E-state index in [0.717, 1.165) is 38.5 Å². The zero-order valence-corrected chi connectivity index (χ0v) is 21.5. The summed E-state index contributed by atoms with van der Waals surface area (Å²) >= 11 is 0. The second-order valence-electron chi connectivity index (χ2n) is 8.93. The Balaban J connectivity index is 4.41. The third kappa shape index (κ3) is 18.5. The number of hydrogen-bond acceptors (Lipinski definition) is 6. The lowest BCUT2D eigenvalue weighted by Crippen LogP contribution is -2.46. The Morgan fingerprint density at radius 3 is 1.58 bits per heavy atom. The van der Waals surface area contributed by atoms with E-state index < -0.39 is 24.1 Å². The van der Waals surface area contributed by atoms with Crippen molar-refractivity contribution in [1.29, 1.82) is 0 Å². The van der Waals surface area contributed by atoms with Gasteiger partial charge in [-0.05, 0) is 19.8 Å². The van der Waals surface area contributed by atoms with Gasteiger partial charge in [0, 0.05) is 25.9 Å².